The van der Waals surface area contributed by atoms with Gasteiger partial charge in [-0.05, 0) is 18.0 Å². The summed E-state index contributed by atoms with van der Waals surface area (Å²) < 4.78 is 0. The lowest BCUT2D eigenvalue weighted by Crippen LogP contribution is -2.13. The van der Waals surface area contributed by atoms with Gasteiger partial charge in [0.1, 0.15) is 11.0 Å². The summed E-state index contributed by atoms with van der Waals surface area (Å²) in [4.78, 5) is 29.0. The molecule has 1 aromatic rings. The zero-order valence-corrected chi connectivity index (χ0v) is 10.1. The highest BCUT2D eigenvalue weighted by Crippen LogP contribution is 2.14. The molecule has 0 aliphatic carbocycles. The third-order valence-corrected chi connectivity index (χ3v) is 2.09. The molecule has 92 valence electrons. The molecule has 2 N–H and O–H groups in total. The van der Waals surface area contributed by atoms with Crippen LogP contribution in [0.3, 0.4) is 0 Å². The van der Waals surface area contributed by atoms with Crippen molar-refractivity contribution in [1.29, 1.82) is 0 Å². The summed E-state index contributed by atoms with van der Waals surface area (Å²) in [7, 11) is 0. The zero-order chi connectivity index (χ0) is 12.8. The average Bonchev–Trinajstić information content (AvgIpc) is 2.14. The predicted octanol–water partition coefficient (Wildman–Crippen LogP) is 1.98. The molecule has 0 atom stereocenters. The number of halogens is 2. The van der Waals surface area contributed by atoms with Crippen molar-refractivity contribution in [1.82, 2.24) is 9.97 Å². The molecule has 17 heavy (non-hydrogen) atoms. The van der Waals surface area contributed by atoms with Gasteiger partial charge >= 0.3 is 5.97 Å². The minimum atomic E-state index is -0.939. The lowest BCUT2D eigenvalue weighted by molar-refractivity contribution is -0.137. The Hall–Kier alpha value is -1.40. The highest BCUT2D eigenvalue weighted by atomic mass is 35.5. The van der Waals surface area contributed by atoms with Crippen LogP contribution in [0.25, 0.3) is 0 Å². The number of aromatic nitrogens is 2. The second-order valence-corrected chi connectivity index (χ2v) is 3.87. The molecule has 1 rings (SSSR count). The molecule has 0 bridgehead atoms. The summed E-state index contributed by atoms with van der Waals surface area (Å²) in [5, 5.41) is 10.9. The number of amides is 1. The Balaban J connectivity index is 2.47. The van der Waals surface area contributed by atoms with Crippen molar-refractivity contribution < 1.29 is 14.7 Å². The minimum absolute atomic E-state index is 0.0568. The largest absolute Gasteiger partial charge is 0.481 e. The van der Waals surface area contributed by atoms with E-state index in [9.17, 15) is 9.59 Å². The normalized spacial score (nSPS) is 10.0. The number of carbonyl (C=O) groups excluding carboxylic acids is 1. The molecule has 0 saturated heterocycles. The molecular weight excluding hydrogens is 269 g/mol. The Morgan fingerprint density at radius 3 is 2.59 bits per heavy atom. The lowest BCUT2D eigenvalue weighted by Gasteiger charge is -2.04. The third kappa shape index (κ3) is 5.46. The Labute approximate surface area is 107 Å². The predicted molar refractivity (Wildman–Crippen MR) is 62.2 cm³/mol. The van der Waals surface area contributed by atoms with E-state index >= 15 is 0 Å². The van der Waals surface area contributed by atoms with E-state index in [2.05, 4.69) is 15.3 Å². The first-order chi connectivity index (χ1) is 7.97. The number of nitrogens with zero attached hydrogens (tertiary/aromatic N) is 2. The van der Waals surface area contributed by atoms with Crippen molar-refractivity contribution in [2.24, 2.45) is 0 Å². The molecule has 1 heterocycles. The lowest BCUT2D eigenvalue weighted by atomic mass is 10.2. The van der Waals surface area contributed by atoms with E-state index < -0.39 is 5.97 Å². The molecule has 0 radical (unpaired) electrons. The van der Waals surface area contributed by atoms with Crippen molar-refractivity contribution >= 4 is 40.9 Å². The summed E-state index contributed by atoms with van der Waals surface area (Å²) in [6.07, 6.45) is 0.290. The molecular formula is C9H9Cl2N3O3. The molecule has 0 spiro atoms. The molecule has 8 heteroatoms. The number of rotatable bonds is 5. The topological polar surface area (TPSA) is 92.2 Å². The Bertz CT molecular complexity index is 419. The number of aliphatic carboxylic acids is 1. The Morgan fingerprint density at radius 2 is 2.00 bits per heavy atom. The fraction of sp³-hybridized carbons (Fsp3) is 0.333. The molecule has 0 aliphatic rings. The van der Waals surface area contributed by atoms with Crippen LogP contribution in [0.2, 0.25) is 10.4 Å². The van der Waals surface area contributed by atoms with Gasteiger partial charge in [0.25, 0.3) is 0 Å². The zero-order valence-electron chi connectivity index (χ0n) is 8.61. The first-order valence-corrected chi connectivity index (χ1v) is 5.44. The molecule has 0 fully saturated rings. The highest BCUT2D eigenvalue weighted by molar-refractivity contribution is 6.32. The van der Waals surface area contributed by atoms with Gasteiger partial charge < -0.3 is 10.4 Å². The van der Waals surface area contributed by atoms with Crippen molar-refractivity contribution in [3.8, 4) is 0 Å². The van der Waals surface area contributed by atoms with E-state index in [0.29, 0.717) is 0 Å². The van der Waals surface area contributed by atoms with Crippen molar-refractivity contribution in [3.63, 3.8) is 0 Å². The fourth-order valence-electron chi connectivity index (χ4n) is 1.06. The van der Waals surface area contributed by atoms with Crippen LogP contribution in [0, 0.1) is 0 Å². The maximum absolute atomic E-state index is 11.4. The second kappa shape index (κ2) is 6.36. The number of hydrogen-bond donors (Lipinski definition) is 2. The van der Waals surface area contributed by atoms with E-state index in [1.54, 1.807) is 0 Å². The summed E-state index contributed by atoms with van der Waals surface area (Å²) >= 11 is 11.2. The van der Waals surface area contributed by atoms with Gasteiger partial charge in [0.2, 0.25) is 11.2 Å². The van der Waals surface area contributed by atoms with Crippen LogP contribution in [0.1, 0.15) is 19.3 Å². The van der Waals surface area contributed by atoms with Crippen molar-refractivity contribution in [3.05, 3.63) is 16.5 Å². The van der Waals surface area contributed by atoms with E-state index in [-0.39, 0.29) is 41.4 Å². The second-order valence-electron chi connectivity index (χ2n) is 3.14. The van der Waals surface area contributed by atoms with Crippen LogP contribution < -0.4 is 5.32 Å². The van der Waals surface area contributed by atoms with Crippen LogP contribution >= 0.6 is 23.2 Å². The monoisotopic (exact) mass is 277 g/mol. The summed E-state index contributed by atoms with van der Waals surface area (Å²) in [6.45, 7) is 0. The van der Waals surface area contributed by atoms with Gasteiger partial charge in [-0.25, -0.2) is 9.97 Å². The van der Waals surface area contributed by atoms with E-state index in [4.69, 9.17) is 28.3 Å². The number of anilines is 1. The van der Waals surface area contributed by atoms with Crippen LogP contribution in [0.5, 0.6) is 0 Å². The first kappa shape index (κ1) is 13.7. The van der Waals surface area contributed by atoms with Crippen molar-refractivity contribution in [2.45, 2.75) is 19.3 Å². The number of nitrogens with one attached hydrogen (secondary N) is 1. The quantitative estimate of drug-likeness (QED) is 0.634. The molecule has 0 unspecified atom stereocenters. The van der Waals surface area contributed by atoms with Crippen molar-refractivity contribution in [2.75, 3.05) is 5.32 Å². The number of carbonyl (C=O) groups is 2. The molecule has 0 saturated carbocycles. The van der Waals surface area contributed by atoms with E-state index in [0.717, 1.165) is 0 Å². The van der Waals surface area contributed by atoms with Gasteiger partial charge in [-0.1, -0.05) is 11.6 Å². The summed E-state index contributed by atoms with van der Waals surface area (Å²) in [5.41, 5.74) is 0. The summed E-state index contributed by atoms with van der Waals surface area (Å²) in [5.74, 6) is -1.10. The van der Waals surface area contributed by atoms with Gasteiger partial charge in [0.15, 0.2) is 0 Å². The smallest absolute Gasteiger partial charge is 0.303 e. The molecule has 1 amide bonds. The SMILES string of the molecule is O=C(O)CCCC(=O)Nc1cc(Cl)nc(Cl)n1. The van der Waals surface area contributed by atoms with Gasteiger partial charge in [-0.15, -0.1) is 0 Å². The Kier molecular flexibility index (Phi) is 5.11. The van der Waals surface area contributed by atoms with Crippen LogP contribution in [0.15, 0.2) is 6.07 Å². The third-order valence-electron chi connectivity index (χ3n) is 1.73. The number of hydrogen-bond acceptors (Lipinski definition) is 4. The molecule has 6 nitrogen and oxygen atoms in total. The van der Waals surface area contributed by atoms with E-state index in [1.807, 2.05) is 0 Å². The van der Waals surface area contributed by atoms with Gasteiger partial charge in [-0.2, -0.15) is 0 Å². The highest BCUT2D eigenvalue weighted by Gasteiger charge is 2.07. The van der Waals surface area contributed by atoms with Crippen LogP contribution in [-0.4, -0.2) is 27.0 Å². The van der Waals surface area contributed by atoms with Gasteiger partial charge in [0.05, 0.1) is 0 Å². The van der Waals surface area contributed by atoms with Gasteiger partial charge in [0, 0.05) is 18.9 Å². The molecule has 0 aliphatic heterocycles. The first-order valence-electron chi connectivity index (χ1n) is 4.69. The number of carboxylic acid groups (broad SMARTS) is 1. The molecule has 1 aromatic heterocycles. The van der Waals surface area contributed by atoms with Crippen LogP contribution in [0.4, 0.5) is 5.82 Å². The average molecular weight is 278 g/mol. The van der Waals surface area contributed by atoms with Gasteiger partial charge in [-0.3, -0.25) is 9.59 Å². The number of carboxylic acids is 1. The minimum Gasteiger partial charge on any atom is -0.481 e. The van der Waals surface area contributed by atoms with Crippen LogP contribution in [-0.2, 0) is 9.59 Å². The maximum Gasteiger partial charge on any atom is 0.303 e. The standard InChI is InChI=1S/C9H9Cl2N3O3/c10-5-4-6(14-9(11)12-5)13-7(15)2-1-3-8(16)17/h4H,1-3H2,(H,16,17)(H,12,13,14,15). The summed E-state index contributed by atoms with van der Waals surface area (Å²) in [6, 6.07) is 1.35. The van der Waals surface area contributed by atoms with E-state index in [1.165, 1.54) is 6.07 Å². The Morgan fingerprint density at radius 1 is 1.29 bits per heavy atom. The molecule has 0 aromatic carbocycles. The fourth-order valence-corrected chi connectivity index (χ4v) is 1.47. The maximum atomic E-state index is 11.4.